The minimum absolute atomic E-state index is 0.175. The molecular weight excluding hydrogens is 599 g/mol. The van der Waals surface area contributed by atoms with Crippen LogP contribution in [0.1, 0.15) is 0 Å². The summed E-state index contributed by atoms with van der Waals surface area (Å²) < 4.78 is 257. The predicted octanol–water partition coefficient (Wildman–Crippen LogP) is 6.79. The van der Waals surface area contributed by atoms with E-state index in [0.717, 1.165) is 0 Å². The van der Waals surface area contributed by atoms with Crippen molar-refractivity contribution in [1.82, 2.24) is 0 Å². The molecule has 0 atom stereocenters. The average molecular weight is 604 g/mol. The molecule has 0 amide bonds. The number of benzene rings is 1. The van der Waals surface area contributed by atoms with Crippen LogP contribution in [0.15, 0.2) is 41.0 Å². The molecule has 1 aromatic rings. The van der Waals surface area contributed by atoms with Gasteiger partial charge in [0.25, 0.3) is 10.1 Å². The Morgan fingerprint density at radius 3 is 1.32 bits per heavy atom. The largest absolute Gasteiger partial charge is 0.460 e. The highest BCUT2D eigenvalue weighted by molar-refractivity contribution is 7.85. The molecule has 0 fully saturated rings. The van der Waals surface area contributed by atoms with Crippen molar-refractivity contribution in [2.24, 2.45) is 0 Å². The first-order valence-corrected chi connectivity index (χ1v) is 9.60. The van der Waals surface area contributed by atoms with Gasteiger partial charge in [0.05, 0.1) is 4.90 Å². The molecule has 22 heteroatoms. The van der Waals surface area contributed by atoms with E-state index < -0.39 is 74.3 Å². The minimum atomic E-state index is -8.70. The number of ether oxygens (including phenoxy) is 1. The van der Waals surface area contributed by atoms with Crippen LogP contribution in [0.3, 0.4) is 0 Å². The summed E-state index contributed by atoms with van der Waals surface area (Å²) in [5, 5.41) is 0. The molecule has 0 aliphatic carbocycles. The summed E-state index contributed by atoms with van der Waals surface area (Å²) in [7, 11) is -4.96. The third kappa shape index (κ3) is 5.00. The van der Waals surface area contributed by atoms with Crippen LogP contribution in [0.25, 0.3) is 0 Å². The van der Waals surface area contributed by atoms with Crippen molar-refractivity contribution in [3.8, 4) is 5.75 Å². The molecule has 214 valence electrons. The van der Waals surface area contributed by atoms with E-state index in [1.807, 2.05) is 0 Å². The smallest absolute Gasteiger partial charge is 0.430 e. The van der Waals surface area contributed by atoms with Crippen LogP contribution < -0.4 is 4.74 Å². The van der Waals surface area contributed by atoms with E-state index in [2.05, 4.69) is 4.74 Å². The maximum atomic E-state index is 13.6. The van der Waals surface area contributed by atoms with Crippen LogP contribution in [-0.2, 0) is 10.1 Å². The van der Waals surface area contributed by atoms with Crippen molar-refractivity contribution in [3.63, 3.8) is 0 Å². The molecule has 0 saturated carbocycles. The Kier molecular flexibility index (Phi) is 7.95. The molecule has 4 nitrogen and oxygen atoms in total. The predicted molar refractivity (Wildman–Crippen MR) is 81.9 cm³/mol. The fourth-order valence-electron chi connectivity index (χ4n) is 2.06. The summed E-state index contributed by atoms with van der Waals surface area (Å²) in [5.74, 6) is -56.1. The van der Waals surface area contributed by atoms with Crippen LogP contribution in [-0.4, -0.2) is 54.7 Å². The van der Waals surface area contributed by atoms with Crippen molar-refractivity contribution in [3.05, 3.63) is 36.1 Å². The first-order chi connectivity index (χ1) is 16.0. The van der Waals surface area contributed by atoms with Crippen molar-refractivity contribution in [1.29, 1.82) is 0 Å². The Bertz CT molecular complexity index is 1140. The van der Waals surface area contributed by atoms with E-state index in [9.17, 15) is 83.1 Å². The molecule has 0 bridgehead atoms. The summed E-state index contributed by atoms with van der Waals surface area (Å²) in [6.07, 6.45) is -7.83. The Morgan fingerprint density at radius 2 is 0.973 bits per heavy atom. The van der Waals surface area contributed by atoms with E-state index in [1.54, 1.807) is 0 Å². The Morgan fingerprint density at radius 1 is 0.622 bits per heavy atom. The fourth-order valence-corrected chi connectivity index (χ4v) is 2.54. The number of hydrogen-bond acceptors (Lipinski definition) is 3. The van der Waals surface area contributed by atoms with Gasteiger partial charge in [-0.15, -0.1) is 0 Å². The van der Waals surface area contributed by atoms with Crippen LogP contribution in [0.4, 0.5) is 74.6 Å². The second kappa shape index (κ2) is 9.05. The molecule has 0 aliphatic heterocycles. The van der Waals surface area contributed by atoms with Gasteiger partial charge in [-0.25, -0.2) is 0 Å². The highest BCUT2D eigenvalue weighted by Gasteiger charge is 2.93. The van der Waals surface area contributed by atoms with E-state index >= 15 is 0 Å². The van der Waals surface area contributed by atoms with E-state index in [4.69, 9.17) is 4.55 Å². The molecule has 0 aliphatic rings. The van der Waals surface area contributed by atoms with Gasteiger partial charge in [0.15, 0.2) is 0 Å². The van der Waals surface area contributed by atoms with Gasteiger partial charge in [-0.05, 0) is 24.3 Å². The molecule has 0 radical (unpaired) electrons. The molecular formula is C15H5F17O4S. The normalized spacial score (nSPS) is 15.9. The summed E-state index contributed by atoms with van der Waals surface area (Å²) in [6, 6.07) is -2.82. The lowest BCUT2D eigenvalue weighted by Gasteiger charge is -2.41. The van der Waals surface area contributed by atoms with Crippen LogP contribution in [0, 0.1) is 0 Å². The number of rotatable bonds is 9. The van der Waals surface area contributed by atoms with Crippen LogP contribution in [0.2, 0.25) is 0 Å². The summed E-state index contributed by atoms with van der Waals surface area (Å²) in [4.78, 5) is -1.03. The van der Waals surface area contributed by atoms with Gasteiger partial charge < -0.3 is 4.74 Å². The van der Waals surface area contributed by atoms with Gasteiger partial charge in [-0.3, -0.25) is 4.55 Å². The molecule has 0 spiro atoms. The van der Waals surface area contributed by atoms with Gasteiger partial charge in [0, 0.05) is 0 Å². The maximum absolute atomic E-state index is 13.6. The Labute approximate surface area is 192 Å². The molecule has 0 saturated heterocycles. The van der Waals surface area contributed by atoms with Gasteiger partial charge in [-0.2, -0.15) is 83.1 Å². The van der Waals surface area contributed by atoms with Gasteiger partial charge in [-0.1, -0.05) is 0 Å². The molecule has 37 heavy (non-hydrogen) atoms. The van der Waals surface area contributed by atoms with E-state index in [0.29, 0.717) is 0 Å². The van der Waals surface area contributed by atoms with Crippen molar-refractivity contribution in [2.45, 2.75) is 46.6 Å². The fraction of sp³-hybridized carbons (Fsp3) is 0.467. The first kappa shape index (κ1) is 32.5. The third-order valence-electron chi connectivity index (χ3n) is 4.11. The molecule has 1 aromatic carbocycles. The van der Waals surface area contributed by atoms with Gasteiger partial charge >= 0.3 is 47.7 Å². The Balaban J connectivity index is 3.56. The SMILES string of the molecule is O=S(=O)(O)c1ccc(OC(F)=C(F)C(F)(F)C(F)(F)C(F)(F)C(F)(F)C(F)(F)C(F)(F)C(F)(F)F)cc1. The van der Waals surface area contributed by atoms with Crippen molar-refractivity contribution in [2.75, 3.05) is 0 Å². The average Bonchev–Trinajstić information content (AvgIpc) is 2.71. The standard InChI is InChI=1S/C15H5F17O4S/c16-7(8(17)36-5-1-3-6(4-2-5)37(33,34)35)9(18,19)10(20,21)11(22,23)12(24,25)13(26,27)14(28,29)15(30,31)32/h1-4H,(H,33,34,35). The number of hydrogen-bond donors (Lipinski definition) is 1. The lowest BCUT2D eigenvalue weighted by Crippen LogP contribution is -2.72. The lowest BCUT2D eigenvalue weighted by atomic mass is 9.91. The zero-order valence-electron chi connectivity index (χ0n) is 16.3. The second-order valence-corrected chi connectivity index (χ2v) is 8.00. The van der Waals surface area contributed by atoms with Crippen molar-refractivity contribution >= 4 is 10.1 Å². The molecule has 0 unspecified atom stereocenters. The summed E-state index contributed by atoms with van der Waals surface area (Å²) in [6.45, 7) is 0. The molecule has 1 rings (SSSR count). The quantitative estimate of drug-likeness (QED) is 0.192. The third-order valence-corrected chi connectivity index (χ3v) is 4.97. The zero-order valence-corrected chi connectivity index (χ0v) is 17.1. The van der Waals surface area contributed by atoms with Gasteiger partial charge in [0.1, 0.15) is 5.75 Å². The Hall–Kier alpha value is -2.52. The van der Waals surface area contributed by atoms with Gasteiger partial charge in [0.2, 0.25) is 5.83 Å². The molecule has 0 heterocycles. The molecule has 0 aromatic heterocycles. The van der Waals surface area contributed by atoms with Crippen LogP contribution in [0.5, 0.6) is 5.75 Å². The monoisotopic (exact) mass is 604 g/mol. The van der Waals surface area contributed by atoms with Crippen molar-refractivity contribution < 1.29 is 92.3 Å². The van der Waals surface area contributed by atoms with E-state index in [1.165, 1.54) is 0 Å². The highest BCUT2D eigenvalue weighted by atomic mass is 32.2. The zero-order chi connectivity index (χ0) is 29.8. The minimum Gasteiger partial charge on any atom is -0.430 e. The van der Waals surface area contributed by atoms with E-state index in [-0.39, 0.29) is 24.3 Å². The first-order valence-electron chi connectivity index (χ1n) is 8.16. The number of halogens is 17. The second-order valence-electron chi connectivity index (χ2n) is 6.58. The summed E-state index contributed by atoms with van der Waals surface area (Å²) in [5.41, 5.74) is 0. The molecule has 1 N–H and O–H groups in total. The lowest BCUT2D eigenvalue weighted by molar-refractivity contribution is -0.451. The number of allylic oxidation sites excluding steroid dienone is 1. The number of alkyl halides is 15. The summed E-state index contributed by atoms with van der Waals surface area (Å²) >= 11 is 0. The van der Waals surface area contributed by atoms with Crippen LogP contribution >= 0.6 is 0 Å². The maximum Gasteiger partial charge on any atom is 0.460 e. The topological polar surface area (TPSA) is 63.6 Å². The highest BCUT2D eigenvalue weighted by Crippen LogP contribution is 2.63.